The van der Waals surface area contributed by atoms with Gasteiger partial charge in [0.15, 0.2) is 0 Å². The first kappa shape index (κ1) is 12.4. The molecule has 1 saturated heterocycles. The van der Waals surface area contributed by atoms with Crippen molar-refractivity contribution < 1.29 is 4.79 Å². The highest BCUT2D eigenvalue weighted by atomic mass is 32.2. The first-order valence-corrected chi connectivity index (χ1v) is 6.87. The molecule has 0 aromatic carbocycles. The topological polar surface area (TPSA) is 45.2 Å². The molecule has 2 rings (SSSR count). The van der Waals surface area contributed by atoms with Crippen LogP contribution < -0.4 is 5.32 Å². The predicted octanol–water partition coefficient (Wildman–Crippen LogP) is 0.996. The van der Waals surface area contributed by atoms with Gasteiger partial charge in [0.25, 0.3) is 0 Å². The molecule has 1 aromatic heterocycles. The fourth-order valence-electron chi connectivity index (χ4n) is 1.75. The Morgan fingerprint density at radius 2 is 2.35 bits per heavy atom. The summed E-state index contributed by atoms with van der Waals surface area (Å²) in [5.41, 5.74) is 0. The molecule has 92 valence electrons. The van der Waals surface area contributed by atoms with Crippen molar-refractivity contribution in [2.75, 3.05) is 31.9 Å². The molecule has 17 heavy (non-hydrogen) atoms. The van der Waals surface area contributed by atoms with E-state index in [1.54, 1.807) is 6.20 Å². The average Bonchev–Trinajstić information content (AvgIpc) is 2.66. The van der Waals surface area contributed by atoms with E-state index in [4.69, 9.17) is 0 Å². The van der Waals surface area contributed by atoms with E-state index in [1.807, 2.05) is 23.1 Å². The molecule has 1 amide bonds. The minimum Gasteiger partial charge on any atom is -0.341 e. The number of hydrogen-bond acceptors (Lipinski definition) is 4. The summed E-state index contributed by atoms with van der Waals surface area (Å²) in [5.74, 6) is 0.696. The lowest BCUT2D eigenvalue weighted by molar-refractivity contribution is -0.128. The standard InChI is InChI=1S/C12H17N3OS/c16-12(15-8-3-5-13-7-9-15)10-17-11-4-1-2-6-14-11/h1-2,4,6,13H,3,5,7-10H2. The van der Waals surface area contributed by atoms with Gasteiger partial charge in [-0.2, -0.15) is 0 Å². The minimum absolute atomic E-state index is 0.212. The van der Waals surface area contributed by atoms with E-state index in [1.165, 1.54) is 11.8 Å². The highest BCUT2D eigenvalue weighted by Gasteiger charge is 2.15. The van der Waals surface area contributed by atoms with Gasteiger partial charge in [0.2, 0.25) is 5.91 Å². The number of pyridine rings is 1. The molecular formula is C12H17N3OS. The lowest BCUT2D eigenvalue weighted by Crippen LogP contribution is -2.35. The molecule has 0 bridgehead atoms. The fourth-order valence-corrected chi connectivity index (χ4v) is 2.52. The average molecular weight is 251 g/mol. The third-order valence-corrected chi connectivity index (χ3v) is 3.60. The second-order valence-corrected chi connectivity index (χ2v) is 4.94. The Morgan fingerprint density at radius 3 is 3.18 bits per heavy atom. The van der Waals surface area contributed by atoms with Crippen LogP contribution in [-0.2, 0) is 4.79 Å². The van der Waals surface area contributed by atoms with E-state index in [2.05, 4.69) is 10.3 Å². The van der Waals surface area contributed by atoms with E-state index in [9.17, 15) is 4.79 Å². The van der Waals surface area contributed by atoms with Gasteiger partial charge in [-0.25, -0.2) is 4.98 Å². The number of nitrogens with one attached hydrogen (secondary N) is 1. The van der Waals surface area contributed by atoms with E-state index in [0.29, 0.717) is 5.75 Å². The highest BCUT2D eigenvalue weighted by Crippen LogP contribution is 2.14. The van der Waals surface area contributed by atoms with Gasteiger partial charge < -0.3 is 10.2 Å². The number of hydrogen-bond donors (Lipinski definition) is 1. The van der Waals surface area contributed by atoms with Crippen LogP contribution in [0.3, 0.4) is 0 Å². The van der Waals surface area contributed by atoms with Gasteiger partial charge >= 0.3 is 0 Å². The first-order chi connectivity index (χ1) is 8.36. The maximum Gasteiger partial charge on any atom is 0.233 e. The third-order valence-electron chi connectivity index (χ3n) is 2.67. The molecule has 0 spiro atoms. The fraction of sp³-hybridized carbons (Fsp3) is 0.500. The van der Waals surface area contributed by atoms with E-state index >= 15 is 0 Å². The van der Waals surface area contributed by atoms with Gasteiger partial charge in [-0.1, -0.05) is 17.8 Å². The van der Waals surface area contributed by atoms with Gasteiger partial charge in [0.1, 0.15) is 0 Å². The third kappa shape index (κ3) is 4.02. The van der Waals surface area contributed by atoms with Crippen molar-refractivity contribution in [3.63, 3.8) is 0 Å². The second-order valence-electron chi connectivity index (χ2n) is 3.94. The SMILES string of the molecule is O=C(CSc1ccccn1)N1CCCNCC1. The molecule has 0 aliphatic carbocycles. The van der Waals surface area contributed by atoms with Crippen LogP contribution in [0.25, 0.3) is 0 Å². The van der Waals surface area contributed by atoms with Crippen LogP contribution in [-0.4, -0.2) is 47.7 Å². The minimum atomic E-state index is 0.212. The van der Waals surface area contributed by atoms with Crippen LogP contribution in [0.15, 0.2) is 29.4 Å². The quantitative estimate of drug-likeness (QED) is 0.814. The summed E-state index contributed by atoms with van der Waals surface area (Å²) in [6.07, 6.45) is 2.79. The van der Waals surface area contributed by atoms with Gasteiger partial charge in [0.05, 0.1) is 10.8 Å². The smallest absolute Gasteiger partial charge is 0.233 e. The number of thioether (sulfide) groups is 1. The van der Waals surface area contributed by atoms with Crippen molar-refractivity contribution in [3.05, 3.63) is 24.4 Å². The highest BCUT2D eigenvalue weighted by molar-refractivity contribution is 7.99. The predicted molar refractivity (Wildman–Crippen MR) is 69.0 cm³/mol. The Morgan fingerprint density at radius 1 is 1.41 bits per heavy atom. The van der Waals surface area contributed by atoms with Crippen LogP contribution >= 0.6 is 11.8 Å². The molecule has 5 heteroatoms. The van der Waals surface area contributed by atoms with Crippen molar-refractivity contribution in [2.24, 2.45) is 0 Å². The molecule has 1 aliphatic heterocycles. The molecule has 4 nitrogen and oxygen atoms in total. The molecule has 1 aliphatic rings. The second kappa shape index (κ2) is 6.61. The van der Waals surface area contributed by atoms with Crippen molar-refractivity contribution >= 4 is 17.7 Å². The van der Waals surface area contributed by atoms with Gasteiger partial charge in [-0.3, -0.25) is 4.79 Å². The van der Waals surface area contributed by atoms with Gasteiger partial charge in [-0.05, 0) is 25.1 Å². The lowest BCUT2D eigenvalue weighted by Gasteiger charge is -2.19. The van der Waals surface area contributed by atoms with Gasteiger partial charge in [-0.15, -0.1) is 0 Å². The monoisotopic (exact) mass is 251 g/mol. The Bertz CT molecular complexity index is 350. The molecular weight excluding hydrogens is 234 g/mol. The van der Waals surface area contributed by atoms with Crippen LogP contribution in [0, 0.1) is 0 Å². The van der Waals surface area contributed by atoms with Crippen molar-refractivity contribution in [2.45, 2.75) is 11.4 Å². The maximum atomic E-state index is 12.0. The number of aromatic nitrogens is 1. The lowest BCUT2D eigenvalue weighted by atomic mass is 10.4. The van der Waals surface area contributed by atoms with Crippen molar-refractivity contribution in [1.82, 2.24) is 15.2 Å². The van der Waals surface area contributed by atoms with Crippen molar-refractivity contribution in [3.8, 4) is 0 Å². The maximum absolute atomic E-state index is 12.0. The number of amides is 1. The number of rotatable bonds is 3. The Hall–Kier alpha value is -1.07. The summed E-state index contributed by atoms with van der Waals surface area (Å²) in [6.45, 7) is 3.60. The van der Waals surface area contributed by atoms with Crippen LogP contribution in [0.4, 0.5) is 0 Å². The van der Waals surface area contributed by atoms with Crippen LogP contribution in [0.5, 0.6) is 0 Å². The molecule has 1 fully saturated rings. The van der Waals surface area contributed by atoms with Crippen LogP contribution in [0.2, 0.25) is 0 Å². The molecule has 0 radical (unpaired) electrons. The summed E-state index contributed by atoms with van der Waals surface area (Å²) >= 11 is 1.51. The number of nitrogens with zero attached hydrogens (tertiary/aromatic N) is 2. The summed E-state index contributed by atoms with van der Waals surface area (Å²) in [5, 5.41) is 4.20. The van der Waals surface area contributed by atoms with E-state index < -0.39 is 0 Å². The Kier molecular flexibility index (Phi) is 4.82. The van der Waals surface area contributed by atoms with E-state index in [-0.39, 0.29) is 5.91 Å². The zero-order valence-electron chi connectivity index (χ0n) is 9.76. The summed E-state index contributed by atoms with van der Waals surface area (Å²) < 4.78 is 0. The molecule has 1 N–H and O–H groups in total. The zero-order valence-corrected chi connectivity index (χ0v) is 10.6. The van der Waals surface area contributed by atoms with Crippen molar-refractivity contribution in [1.29, 1.82) is 0 Å². The number of carbonyl (C=O) groups excluding carboxylic acids is 1. The molecule has 0 unspecified atom stereocenters. The number of carbonyl (C=O) groups is 1. The normalized spacial score (nSPS) is 16.6. The summed E-state index contributed by atoms with van der Waals surface area (Å²) in [6, 6.07) is 5.75. The molecule has 2 heterocycles. The zero-order chi connectivity index (χ0) is 11.9. The Balaban J connectivity index is 1.80. The summed E-state index contributed by atoms with van der Waals surface area (Å²) in [4.78, 5) is 18.1. The molecule has 1 aromatic rings. The van der Waals surface area contributed by atoms with Gasteiger partial charge in [0, 0.05) is 25.8 Å². The van der Waals surface area contributed by atoms with Crippen LogP contribution in [0.1, 0.15) is 6.42 Å². The first-order valence-electron chi connectivity index (χ1n) is 5.88. The largest absolute Gasteiger partial charge is 0.341 e. The Labute approximate surface area is 106 Å². The molecule has 0 saturated carbocycles. The summed E-state index contributed by atoms with van der Waals surface area (Å²) in [7, 11) is 0. The van der Waals surface area contributed by atoms with E-state index in [0.717, 1.165) is 37.6 Å². The molecule has 0 atom stereocenters.